The number of para-hydroxylation sites is 1. The van der Waals surface area contributed by atoms with E-state index in [1.54, 1.807) is 12.1 Å². The van der Waals surface area contributed by atoms with Crippen molar-refractivity contribution in [2.75, 3.05) is 30.9 Å². The second kappa shape index (κ2) is 7.00. The number of urea groups is 1. The monoisotopic (exact) mass is 311 g/mol. The molecule has 0 aliphatic heterocycles. The van der Waals surface area contributed by atoms with Crippen molar-refractivity contribution in [1.82, 2.24) is 5.32 Å². The fourth-order valence-electron chi connectivity index (χ4n) is 2.72. The summed E-state index contributed by atoms with van der Waals surface area (Å²) in [7, 11) is 3.75. The third kappa shape index (κ3) is 4.02. The molecular formula is C15H22ClN3O2. The molecule has 3 N–H and O–H groups in total. The van der Waals surface area contributed by atoms with Crippen LogP contribution in [0.15, 0.2) is 18.2 Å². The number of aliphatic hydroxyl groups is 1. The second-order valence-corrected chi connectivity index (χ2v) is 6.03. The van der Waals surface area contributed by atoms with Crippen LogP contribution in [0.1, 0.15) is 19.3 Å². The summed E-state index contributed by atoms with van der Waals surface area (Å²) in [6, 6.07) is 5.12. The van der Waals surface area contributed by atoms with Gasteiger partial charge in [0.2, 0.25) is 0 Å². The van der Waals surface area contributed by atoms with Crippen molar-refractivity contribution in [3.8, 4) is 0 Å². The maximum Gasteiger partial charge on any atom is 0.319 e. The SMILES string of the molecule is CN(C)c1c(Cl)cccc1NC(=O)NCC1CCCC1O. The van der Waals surface area contributed by atoms with E-state index >= 15 is 0 Å². The number of amides is 2. The summed E-state index contributed by atoms with van der Waals surface area (Å²) in [5.41, 5.74) is 1.44. The lowest BCUT2D eigenvalue weighted by molar-refractivity contribution is 0.133. The van der Waals surface area contributed by atoms with Gasteiger partial charge in [0.25, 0.3) is 0 Å². The zero-order valence-electron chi connectivity index (χ0n) is 12.4. The van der Waals surface area contributed by atoms with E-state index in [9.17, 15) is 9.90 Å². The Hall–Kier alpha value is -1.46. The first-order valence-electron chi connectivity index (χ1n) is 7.17. The highest BCUT2D eigenvalue weighted by Gasteiger charge is 2.25. The lowest BCUT2D eigenvalue weighted by atomic mass is 10.1. The van der Waals surface area contributed by atoms with Gasteiger partial charge in [0.05, 0.1) is 22.5 Å². The number of hydrogen-bond donors (Lipinski definition) is 3. The van der Waals surface area contributed by atoms with Crippen LogP contribution >= 0.6 is 11.6 Å². The van der Waals surface area contributed by atoms with Gasteiger partial charge in [-0.05, 0) is 25.0 Å². The Labute approximate surface area is 130 Å². The molecule has 1 aliphatic carbocycles. The molecule has 1 fully saturated rings. The molecule has 0 saturated heterocycles. The summed E-state index contributed by atoms with van der Waals surface area (Å²) in [4.78, 5) is 13.9. The molecule has 0 bridgehead atoms. The number of anilines is 2. The number of nitrogens with zero attached hydrogens (tertiary/aromatic N) is 1. The lowest BCUT2D eigenvalue weighted by Gasteiger charge is -2.20. The first-order valence-corrected chi connectivity index (χ1v) is 7.55. The van der Waals surface area contributed by atoms with E-state index in [2.05, 4.69) is 10.6 Å². The van der Waals surface area contributed by atoms with E-state index in [0.29, 0.717) is 17.3 Å². The Balaban J connectivity index is 1.95. The van der Waals surface area contributed by atoms with Gasteiger partial charge >= 0.3 is 6.03 Å². The lowest BCUT2D eigenvalue weighted by Crippen LogP contribution is -2.35. The topological polar surface area (TPSA) is 64.6 Å². The van der Waals surface area contributed by atoms with Crippen molar-refractivity contribution >= 4 is 29.0 Å². The Bertz CT molecular complexity index is 508. The summed E-state index contributed by atoms with van der Waals surface area (Å²) in [5.74, 6) is 0.156. The van der Waals surface area contributed by atoms with Gasteiger partial charge in [0.1, 0.15) is 0 Å². The number of halogens is 1. The largest absolute Gasteiger partial charge is 0.393 e. The van der Waals surface area contributed by atoms with Crippen LogP contribution in [0.3, 0.4) is 0 Å². The molecule has 0 radical (unpaired) electrons. The van der Waals surface area contributed by atoms with Crippen LogP contribution in [-0.2, 0) is 0 Å². The highest BCUT2D eigenvalue weighted by atomic mass is 35.5. The molecular weight excluding hydrogens is 290 g/mol. The Morgan fingerprint density at radius 2 is 2.19 bits per heavy atom. The molecule has 0 heterocycles. The van der Waals surface area contributed by atoms with E-state index in [0.717, 1.165) is 24.9 Å². The number of hydrogen-bond acceptors (Lipinski definition) is 3. The van der Waals surface area contributed by atoms with Gasteiger partial charge in [-0.25, -0.2) is 4.79 Å². The molecule has 0 spiro atoms. The minimum atomic E-state index is -0.297. The molecule has 116 valence electrons. The van der Waals surface area contributed by atoms with Gasteiger partial charge in [0.15, 0.2) is 0 Å². The Morgan fingerprint density at radius 3 is 2.81 bits per heavy atom. The first kappa shape index (κ1) is 15.9. The molecule has 2 atom stereocenters. The van der Waals surface area contributed by atoms with Crippen molar-refractivity contribution in [3.05, 3.63) is 23.2 Å². The Kier molecular flexibility index (Phi) is 5.31. The van der Waals surface area contributed by atoms with Gasteiger partial charge in [-0.1, -0.05) is 24.1 Å². The fraction of sp³-hybridized carbons (Fsp3) is 0.533. The molecule has 1 aliphatic rings. The smallest absolute Gasteiger partial charge is 0.319 e. The van der Waals surface area contributed by atoms with Crippen LogP contribution in [0.4, 0.5) is 16.2 Å². The van der Waals surface area contributed by atoms with Crippen molar-refractivity contribution in [3.63, 3.8) is 0 Å². The van der Waals surface area contributed by atoms with Crippen LogP contribution in [0.2, 0.25) is 5.02 Å². The molecule has 2 rings (SSSR count). The van der Waals surface area contributed by atoms with Crippen molar-refractivity contribution in [1.29, 1.82) is 0 Å². The van der Waals surface area contributed by atoms with Crippen LogP contribution in [0.5, 0.6) is 0 Å². The van der Waals surface area contributed by atoms with E-state index in [1.165, 1.54) is 0 Å². The summed E-state index contributed by atoms with van der Waals surface area (Å²) in [6.45, 7) is 0.491. The van der Waals surface area contributed by atoms with E-state index in [1.807, 2.05) is 25.1 Å². The highest BCUT2D eigenvalue weighted by molar-refractivity contribution is 6.34. The standard InChI is InChI=1S/C15H22ClN3O2/c1-19(2)14-11(16)6-4-7-12(14)18-15(21)17-9-10-5-3-8-13(10)20/h4,6-7,10,13,20H,3,5,8-9H2,1-2H3,(H2,17,18,21). The third-order valence-electron chi connectivity index (χ3n) is 3.83. The molecule has 2 unspecified atom stereocenters. The zero-order valence-corrected chi connectivity index (χ0v) is 13.2. The predicted octanol–water partition coefficient (Wildman–Crippen LogP) is 2.69. The van der Waals surface area contributed by atoms with Crippen molar-refractivity contribution in [2.45, 2.75) is 25.4 Å². The summed E-state index contributed by atoms with van der Waals surface area (Å²) < 4.78 is 0. The number of carbonyl (C=O) groups is 1. The van der Waals surface area contributed by atoms with Gasteiger partial charge in [-0.15, -0.1) is 0 Å². The molecule has 2 amide bonds. The average molecular weight is 312 g/mol. The summed E-state index contributed by atoms with van der Waals surface area (Å²) >= 11 is 6.16. The molecule has 0 aromatic heterocycles. The molecule has 1 saturated carbocycles. The van der Waals surface area contributed by atoms with Crippen molar-refractivity contribution in [2.24, 2.45) is 5.92 Å². The first-order chi connectivity index (χ1) is 9.99. The Morgan fingerprint density at radius 1 is 1.43 bits per heavy atom. The van der Waals surface area contributed by atoms with E-state index in [4.69, 9.17) is 11.6 Å². The maximum atomic E-state index is 12.0. The van der Waals surface area contributed by atoms with Gasteiger partial charge < -0.3 is 20.6 Å². The molecule has 1 aromatic carbocycles. The quantitative estimate of drug-likeness (QED) is 0.801. The summed E-state index contributed by atoms with van der Waals surface area (Å²) in [5, 5.41) is 16.0. The maximum absolute atomic E-state index is 12.0. The fourth-order valence-corrected chi connectivity index (χ4v) is 3.06. The zero-order chi connectivity index (χ0) is 15.4. The number of aliphatic hydroxyl groups excluding tert-OH is 1. The highest BCUT2D eigenvalue weighted by Crippen LogP contribution is 2.32. The molecule has 21 heavy (non-hydrogen) atoms. The number of benzene rings is 1. The van der Waals surface area contributed by atoms with E-state index < -0.39 is 0 Å². The van der Waals surface area contributed by atoms with Gasteiger partial charge in [0, 0.05) is 26.6 Å². The van der Waals surface area contributed by atoms with Crippen molar-refractivity contribution < 1.29 is 9.90 Å². The molecule has 5 nitrogen and oxygen atoms in total. The van der Waals surface area contributed by atoms with Crippen LogP contribution in [0.25, 0.3) is 0 Å². The molecule has 6 heteroatoms. The number of carbonyl (C=O) groups excluding carboxylic acids is 1. The number of nitrogens with one attached hydrogen (secondary N) is 2. The van der Waals surface area contributed by atoms with Gasteiger partial charge in [-0.3, -0.25) is 0 Å². The van der Waals surface area contributed by atoms with Crippen LogP contribution in [-0.4, -0.2) is 37.9 Å². The minimum absolute atomic E-state index is 0.156. The van der Waals surface area contributed by atoms with Gasteiger partial charge in [-0.2, -0.15) is 0 Å². The third-order valence-corrected chi connectivity index (χ3v) is 4.13. The van der Waals surface area contributed by atoms with Crippen LogP contribution in [0, 0.1) is 5.92 Å². The summed E-state index contributed by atoms with van der Waals surface area (Å²) in [6.07, 6.45) is 2.51. The molecule has 1 aromatic rings. The number of rotatable bonds is 4. The average Bonchev–Trinajstić information content (AvgIpc) is 2.81. The van der Waals surface area contributed by atoms with Crippen LogP contribution < -0.4 is 15.5 Å². The predicted molar refractivity (Wildman–Crippen MR) is 86.1 cm³/mol. The second-order valence-electron chi connectivity index (χ2n) is 5.62. The van der Waals surface area contributed by atoms with E-state index in [-0.39, 0.29) is 18.1 Å². The minimum Gasteiger partial charge on any atom is -0.393 e. The normalized spacial score (nSPS) is 21.1.